The van der Waals surface area contributed by atoms with Crippen molar-refractivity contribution in [2.45, 2.75) is 81.8 Å². The lowest BCUT2D eigenvalue weighted by Crippen LogP contribution is -2.64. The predicted octanol–water partition coefficient (Wildman–Crippen LogP) is -4.98. The number of carboxylic acid groups (broad SMARTS) is 1. The molecule has 7 atom stereocenters. The SMILES string of the molecule is CC(=O)N[C@H]1[C@H](OCCCCCCNC(=O)C[C@H](N)C(=O)NCC(=O)N[C@H](CO)C(=O)O)O[C@H](CO)[C@@H](O)[C@@H]1O. The highest BCUT2D eigenvalue weighted by molar-refractivity contribution is 5.91. The van der Waals surface area contributed by atoms with E-state index >= 15 is 0 Å². The summed E-state index contributed by atoms with van der Waals surface area (Å²) >= 11 is 0. The standard InChI is InChI=1S/C23H41N5O12/c1-12(31)27-18-20(35)19(34)15(11-30)40-23(18)39-7-5-3-2-4-6-25-16(32)8-13(24)21(36)26-9-17(33)28-14(10-29)22(37)38/h13-15,18-20,23,29-30,34-35H,2-11,24H2,1H3,(H,25,32)(H,26,36)(H,27,31)(H,28,33)(H,37,38)/t13-,14+,15+,18+,19+,20+,23+/m0/s1. The lowest BCUT2D eigenvalue weighted by atomic mass is 9.97. The normalized spacial score (nSPS) is 23.9. The number of nitrogens with one attached hydrogen (secondary N) is 4. The molecule has 11 N–H and O–H groups in total. The molecule has 1 aliphatic rings. The second kappa shape index (κ2) is 18.4. The van der Waals surface area contributed by atoms with Crippen LogP contribution in [-0.2, 0) is 33.4 Å². The van der Waals surface area contributed by atoms with Crippen molar-refractivity contribution in [3.63, 3.8) is 0 Å². The van der Waals surface area contributed by atoms with Crippen molar-refractivity contribution >= 4 is 29.6 Å². The average Bonchev–Trinajstić information content (AvgIpc) is 2.90. The third-order valence-corrected chi connectivity index (χ3v) is 5.91. The number of aliphatic hydroxyl groups is 4. The number of carbonyl (C=O) groups is 5. The molecule has 17 heteroatoms. The zero-order valence-corrected chi connectivity index (χ0v) is 22.3. The quantitative estimate of drug-likeness (QED) is 0.0682. The number of hydrogen-bond acceptors (Lipinski definition) is 12. The molecule has 0 spiro atoms. The van der Waals surface area contributed by atoms with E-state index in [-0.39, 0.29) is 13.0 Å². The molecule has 40 heavy (non-hydrogen) atoms. The Labute approximate surface area is 230 Å². The third kappa shape index (κ3) is 12.5. The summed E-state index contributed by atoms with van der Waals surface area (Å²) in [5.74, 6) is -3.98. The number of hydrogen-bond donors (Lipinski definition) is 10. The molecule has 230 valence electrons. The van der Waals surface area contributed by atoms with Gasteiger partial charge in [-0.3, -0.25) is 19.2 Å². The summed E-state index contributed by atoms with van der Waals surface area (Å²) in [6, 6.07) is -3.74. The number of aliphatic carboxylic acids is 1. The Morgan fingerprint density at radius 3 is 2.25 bits per heavy atom. The fourth-order valence-corrected chi connectivity index (χ4v) is 3.71. The van der Waals surface area contributed by atoms with Gasteiger partial charge in [-0.1, -0.05) is 12.8 Å². The van der Waals surface area contributed by atoms with Crippen LogP contribution in [0.4, 0.5) is 0 Å². The highest BCUT2D eigenvalue weighted by Gasteiger charge is 2.45. The Hall–Kier alpha value is -2.93. The third-order valence-electron chi connectivity index (χ3n) is 5.91. The highest BCUT2D eigenvalue weighted by atomic mass is 16.7. The first-order valence-electron chi connectivity index (χ1n) is 12.8. The van der Waals surface area contributed by atoms with Gasteiger partial charge in [-0.25, -0.2) is 4.79 Å². The number of rotatable bonds is 18. The molecule has 17 nitrogen and oxygen atoms in total. The van der Waals surface area contributed by atoms with Gasteiger partial charge in [0.05, 0.1) is 32.2 Å². The van der Waals surface area contributed by atoms with E-state index in [0.29, 0.717) is 25.8 Å². The van der Waals surface area contributed by atoms with E-state index in [1.165, 1.54) is 6.92 Å². The largest absolute Gasteiger partial charge is 0.480 e. The van der Waals surface area contributed by atoms with Crippen LogP contribution in [0.2, 0.25) is 0 Å². The molecule has 4 amide bonds. The number of amides is 4. The molecular formula is C23H41N5O12. The molecule has 1 fully saturated rings. The predicted molar refractivity (Wildman–Crippen MR) is 135 cm³/mol. The van der Waals surface area contributed by atoms with Gasteiger partial charge >= 0.3 is 5.97 Å². The van der Waals surface area contributed by atoms with Crippen LogP contribution in [0, 0.1) is 0 Å². The first-order chi connectivity index (χ1) is 18.9. The second-order valence-corrected chi connectivity index (χ2v) is 9.24. The number of ether oxygens (including phenoxy) is 2. The molecule has 1 rings (SSSR count). The molecule has 0 radical (unpaired) electrons. The van der Waals surface area contributed by atoms with Crippen LogP contribution in [0.3, 0.4) is 0 Å². The van der Waals surface area contributed by atoms with E-state index in [9.17, 15) is 39.3 Å². The lowest BCUT2D eigenvalue weighted by molar-refractivity contribution is -0.270. The summed E-state index contributed by atoms with van der Waals surface area (Å²) in [7, 11) is 0. The Morgan fingerprint density at radius 2 is 1.65 bits per heavy atom. The molecule has 0 aromatic rings. The summed E-state index contributed by atoms with van der Waals surface area (Å²) in [6.45, 7) is -0.144. The van der Waals surface area contributed by atoms with E-state index in [1.807, 2.05) is 5.32 Å². The molecule has 0 aliphatic carbocycles. The summed E-state index contributed by atoms with van der Waals surface area (Å²) < 4.78 is 11.1. The summed E-state index contributed by atoms with van der Waals surface area (Å²) in [6.07, 6.45) is -2.58. The maximum Gasteiger partial charge on any atom is 0.328 e. The van der Waals surface area contributed by atoms with E-state index in [0.717, 1.165) is 6.42 Å². The summed E-state index contributed by atoms with van der Waals surface area (Å²) in [4.78, 5) is 57.8. The van der Waals surface area contributed by atoms with E-state index in [4.69, 9.17) is 25.4 Å². The minimum absolute atomic E-state index is 0.215. The Kier molecular flexibility index (Phi) is 16.2. The lowest BCUT2D eigenvalue weighted by Gasteiger charge is -2.42. The average molecular weight is 580 g/mol. The fraction of sp³-hybridized carbons (Fsp3) is 0.783. The van der Waals surface area contributed by atoms with Gasteiger partial charge in [0.2, 0.25) is 23.6 Å². The number of carboxylic acids is 1. The van der Waals surface area contributed by atoms with Crippen LogP contribution in [-0.4, -0.2) is 131 Å². The molecule has 0 unspecified atom stereocenters. The Bertz CT molecular complexity index is 847. The summed E-state index contributed by atoms with van der Waals surface area (Å²) in [5.41, 5.74) is 5.67. The Balaban J connectivity index is 2.23. The van der Waals surface area contributed by atoms with E-state index in [1.54, 1.807) is 0 Å². The van der Waals surface area contributed by atoms with Crippen molar-refractivity contribution in [2.75, 3.05) is 32.9 Å². The van der Waals surface area contributed by atoms with Crippen molar-refractivity contribution in [3.8, 4) is 0 Å². The molecule has 1 saturated heterocycles. The number of unbranched alkanes of at least 4 members (excludes halogenated alkanes) is 3. The summed E-state index contributed by atoms with van der Waals surface area (Å²) in [5, 5.41) is 56.5. The molecule has 0 saturated carbocycles. The first-order valence-corrected chi connectivity index (χ1v) is 12.8. The van der Waals surface area contributed by atoms with Gasteiger partial charge in [0.1, 0.15) is 30.4 Å². The number of carbonyl (C=O) groups excluding carboxylic acids is 4. The van der Waals surface area contributed by atoms with Crippen LogP contribution >= 0.6 is 0 Å². The maximum absolute atomic E-state index is 12.0. The topological polar surface area (TPSA) is 279 Å². The van der Waals surface area contributed by atoms with Gasteiger partial charge in [0.15, 0.2) is 6.29 Å². The van der Waals surface area contributed by atoms with Crippen molar-refractivity contribution in [1.82, 2.24) is 21.3 Å². The van der Waals surface area contributed by atoms with Crippen LogP contribution in [0.25, 0.3) is 0 Å². The fourth-order valence-electron chi connectivity index (χ4n) is 3.71. The molecule has 1 aliphatic heterocycles. The Morgan fingerprint density at radius 1 is 0.975 bits per heavy atom. The minimum Gasteiger partial charge on any atom is -0.480 e. The molecule has 0 aromatic carbocycles. The van der Waals surface area contributed by atoms with Crippen molar-refractivity contribution < 1.29 is 59.0 Å². The first kappa shape index (κ1) is 35.1. The van der Waals surface area contributed by atoms with Crippen LogP contribution in [0.5, 0.6) is 0 Å². The van der Waals surface area contributed by atoms with Gasteiger partial charge < -0.3 is 62.0 Å². The number of aliphatic hydroxyl groups excluding tert-OH is 4. The number of nitrogens with two attached hydrogens (primary N) is 1. The van der Waals surface area contributed by atoms with Crippen LogP contribution in [0.1, 0.15) is 39.0 Å². The molecule has 1 heterocycles. The minimum atomic E-state index is -1.51. The smallest absolute Gasteiger partial charge is 0.328 e. The monoisotopic (exact) mass is 579 g/mol. The van der Waals surface area contributed by atoms with E-state index in [2.05, 4.69) is 16.0 Å². The van der Waals surface area contributed by atoms with Crippen LogP contribution in [0.15, 0.2) is 0 Å². The van der Waals surface area contributed by atoms with Gasteiger partial charge in [-0.2, -0.15) is 0 Å². The van der Waals surface area contributed by atoms with Crippen molar-refractivity contribution in [1.29, 1.82) is 0 Å². The van der Waals surface area contributed by atoms with Crippen molar-refractivity contribution in [3.05, 3.63) is 0 Å². The van der Waals surface area contributed by atoms with Crippen molar-refractivity contribution in [2.24, 2.45) is 5.73 Å². The molecule has 0 aromatic heterocycles. The van der Waals surface area contributed by atoms with Gasteiger partial charge in [-0.05, 0) is 12.8 Å². The van der Waals surface area contributed by atoms with E-state index < -0.39 is 92.1 Å². The molecular weight excluding hydrogens is 538 g/mol. The second-order valence-electron chi connectivity index (χ2n) is 9.24. The highest BCUT2D eigenvalue weighted by Crippen LogP contribution is 2.22. The maximum atomic E-state index is 12.0. The molecule has 0 bridgehead atoms. The van der Waals surface area contributed by atoms with Gasteiger partial charge in [0.25, 0.3) is 0 Å². The zero-order valence-electron chi connectivity index (χ0n) is 22.3. The van der Waals surface area contributed by atoms with Gasteiger partial charge in [0, 0.05) is 20.1 Å². The van der Waals surface area contributed by atoms with Gasteiger partial charge in [-0.15, -0.1) is 0 Å². The zero-order chi connectivity index (χ0) is 30.2. The van der Waals surface area contributed by atoms with Crippen LogP contribution < -0.4 is 27.0 Å².